The van der Waals surface area contributed by atoms with Gasteiger partial charge in [0.2, 0.25) is 5.91 Å². The first kappa shape index (κ1) is 14.1. The molecule has 0 spiro atoms. The molecule has 1 saturated heterocycles. The minimum Gasteiger partial charge on any atom is -0.326 e. The van der Waals surface area contributed by atoms with Gasteiger partial charge in [0.05, 0.1) is 12.7 Å². The molecule has 1 aliphatic rings. The summed E-state index contributed by atoms with van der Waals surface area (Å²) < 4.78 is 0. The van der Waals surface area contributed by atoms with Crippen molar-refractivity contribution in [2.24, 2.45) is 5.92 Å². The first-order valence-corrected chi connectivity index (χ1v) is 7.21. The SMILES string of the molecule is CCC(C)C(C)N1CNC(Cc2ccccc2)C1=O. The van der Waals surface area contributed by atoms with E-state index in [2.05, 4.69) is 38.2 Å². The van der Waals surface area contributed by atoms with Crippen molar-refractivity contribution in [2.75, 3.05) is 6.67 Å². The van der Waals surface area contributed by atoms with Gasteiger partial charge in [0.15, 0.2) is 0 Å². The molecular formula is C16H24N2O. The molecule has 2 rings (SSSR count). The van der Waals surface area contributed by atoms with Crippen LogP contribution in [0.15, 0.2) is 30.3 Å². The Morgan fingerprint density at radius 2 is 2.00 bits per heavy atom. The zero-order chi connectivity index (χ0) is 13.8. The quantitative estimate of drug-likeness (QED) is 0.882. The normalized spacial score (nSPS) is 22.6. The van der Waals surface area contributed by atoms with Crippen LogP contribution in [0, 0.1) is 5.92 Å². The van der Waals surface area contributed by atoms with E-state index in [1.54, 1.807) is 0 Å². The first-order chi connectivity index (χ1) is 9.13. The van der Waals surface area contributed by atoms with Gasteiger partial charge in [-0.15, -0.1) is 0 Å². The van der Waals surface area contributed by atoms with Crippen molar-refractivity contribution in [2.45, 2.75) is 45.7 Å². The van der Waals surface area contributed by atoms with Gasteiger partial charge in [-0.2, -0.15) is 0 Å². The van der Waals surface area contributed by atoms with E-state index in [1.165, 1.54) is 5.56 Å². The van der Waals surface area contributed by atoms with Gasteiger partial charge < -0.3 is 4.90 Å². The van der Waals surface area contributed by atoms with Crippen LogP contribution < -0.4 is 5.32 Å². The number of hydrogen-bond acceptors (Lipinski definition) is 2. The minimum atomic E-state index is -0.0612. The largest absolute Gasteiger partial charge is 0.326 e. The molecular weight excluding hydrogens is 236 g/mol. The molecule has 3 heteroatoms. The molecule has 3 atom stereocenters. The molecule has 19 heavy (non-hydrogen) atoms. The standard InChI is InChI=1S/C16H24N2O/c1-4-12(2)13(3)18-11-17-15(16(18)19)10-14-8-6-5-7-9-14/h5-9,12-13,15,17H,4,10-11H2,1-3H3. The van der Waals surface area contributed by atoms with Gasteiger partial charge in [0, 0.05) is 6.04 Å². The molecule has 1 aromatic carbocycles. The van der Waals surface area contributed by atoms with Gasteiger partial charge in [0.1, 0.15) is 0 Å². The van der Waals surface area contributed by atoms with Crippen LogP contribution in [0.4, 0.5) is 0 Å². The molecule has 1 aliphatic heterocycles. The second-order valence-electron chi connectivity index (χ2n) is 5.54. The number of amides is 1. The summed E-state index contributed by atoms with van der Waals surface area (Å²) in [6, 6.07) is 10.5. The lowest BCUT2D eigenvalue weighted by atomic mass is 9.99. The van der Waals surface area contributed by atoms with Crippen molar-refractivity contribution in [3.8, 4) is 0 Å². The molecule has 1 fully saturated rings. The summed E-state index contributed by atoms with van der Waals surface area (Å²) >= 11 is 0. The highest BCUT2D eigenvalue weighted by Gasteiger charge is 2.35. The molecule has 0 aromatic heterocycles. The van der Waals surface area contributed by atoms with E-state index in [1.807, 2.05) is 23.1 Å². The number of nitrogens with one attached hydrogen (secondary N) is 1. The third kappa shape index (κ3) is 3.16. The van der Waals surface area contributed by atoms with Crippen LogP contribution in [0.25, 0.3) is 0 Å². The maximum Gasteiger partial charge on any atom is 0.241 e. The molecule has 1 heterocycles. The lowest BCUT2D eigenvalue weighted by Gasteiger charge is -2.28. The van der Waals surface area contributed by atoms with Gasteiger partial charge in [-0.1, -0.05) is 50.6 Å². The van der Waals surface area contributed by atoms with Crippen LogP contribution in [0.5, 0.6) is 0 Å². The van der Waals surface area contributed by atoms with Crippen LogP contribution in [0.1, 0.15) is 32.8 Å². The number of nitrogens with zero attached hydrogens (tertiary/aromatic N) is 1. The molecule has 3 nitrogen and oxygen atoms in total. The highest BCUT2D eigenvalue weighted by Crippen LogP contribution is 2.19. The van der Waals surface area contributed by atoms with E-state index < -0.39 is 0 Å². The van der Waals surface area contributed by atoms with Crippen molar-refractivity contribution in [3.05, 3.63) is 35.9 Å². The van der Waals surface area contributed by atoms with E-state index in [0.717, 1.165) is 12.8 Å². The van der Waals surface area contributed by atoms with Gasteiger partial charge in [-0.25, -0.2) is 0 Å². The fraction of sp³-hybridized carbons (Fsp3) is 0.562. The van der Waals surface area contributed by atoms with Crippen molar-refractivity contribution in [1.29, 1.82) is 0 Å². The first-order valence-electron chi connectivity index (χ1n) is 7.21. The average Bonchev–Trinajstić information content (AvgIpc) is 2.80. The lowest BCUT2D eigenvalue weighted by molar-refractivity contribution is -0.131. The Kier molecular flexibility index (Phi) is 4.59. The van der Waals surface area contributed by atoms with E-state index in [0.29, 0.717) is 18.6 Å². The van der Waals surface area contributed by atoms with E-state index in [-0.39, 0.29) is 11.9 Å². The van der Waals surface area contributed by atoms with E-state index in [4.69, 9.17) is 0 Å². The van der Waals surface area contributed by atoms with Crippen LogP contribution in [0.3, 0.4) is 0 Å². The predicted molar refractivity (Wildman–Crippen MR) is 77.7 cm³/mol. The van der Waals surface area contributed by atoms with Crippen molar-refractivity contribution >= 4 is 5.91 Å². The topological polar surface area (TPSA) is 32.3 Å². The van der Waals surface area contributed by atoms with Crippen LogP contribution in [0.2, 0.25) is 0 Å². The summed E-state index contributed by atoms with van der Waals surface area (Å²) in [7, 11) is 0. The Bertz CT molecular complexity index is 418. The van der Waals surface area contributed by atoms with Gasteiger partial charge >= 0.3 is 0 Å². The van der Waals surface area contributed by atoms with Crippen molar-refractivity contribution in [3.63, 3.8) is 0 Å². The number of hydrogen-bond donors (Lipinski definition) is 1. The molecule has 0 saturated carbocycles. The summed E-state index contributed by atoms with van der Waals surface area (Å²) in [5.74, 6) is 0.790. The molecule has 0 radical (unpaired) electrons. The average molecular weight is 260 g/mol. The Morgan fingerprint density at radius 3 is 2.63 bits per heavy atom. The van der Waals surface area contributed by atoms with Crippen LogP contribution in [-0.4, -0.2) is 29.6 Å². The summed E-state index contributed by atoms with van der Waals surface area (Å²) in [5, 5.41) is 3.34. The summed E-state index contributed by atoms with van der Waals surface area (Å²) in [6.45, 7) is 7.22. The van der Waals surface area contributed by atoms with Crippen molar-refractivity contribution < 1.29 is 4.79 Å². The molecule has 3 unspecified atom stereocenters. The zero-order valence-corrected chi connectivity index (χ0v) is 12.1. The highest BCUT2D eigenvalue weighted by molar-refractivity contribution is 5.84. The Hall–Kier alpha value is -1.35. The zero-order valence-electron chi connectivity index (χ0n) is 12.1. The minimum absolute atomic E-state index is 0.0612. The van der Waals surface area contributed by atoms with E-state index in [9.17, 15) is 4.79 Å². The fourth-order valence-corrected chi connectivity index (χ4v) is 2.58. The highest BCUT2D eigenvalue weighted by atomic mass is 16.2. The molecule has 0 aliphatic carbocycles. The third-order valence-corrected chi connectivity index (χ3v) is 4.33. The Balaban J connectivity index is 1.98. The second-order valence-corrected chi connectivity index (χ2v) is 5.54. The Morgan fingerprint density at radius 1 is 1.32 bits per heavy atom. The second kappa shape index (κ2) is 6.20. The van der Waals surface area contributed by atoms with E-state index >= 15 is 0 Å². The van der Waals surface area contributed by atoms with Crippen molar-refractivity contribution in [1.82, 2.24) is 10.2 Å². The number of benzene rings is 1. The number of carbonyl (C=O) groups is 1. The maximum atomic E-state index is 12.4. The Labute approximate surface area is 116 Å². The maximum absolute atomic E-state index is 12.4. The molecule has 0 bridgehead atoms. The number of rotatable bonds is 5. The van der Waals surface area contributed by atoms with Gasteiger partial charge in [-0.05, 0) is 24.8 Å². The van der Waals surface area contributed by atoms with Crippen LogP contribution in [-0.2, 0) is 11.2 Å². The van der Waals surface area contributed by atoms with Gasteiger partial charge in [0.25, 0.3) is 0 Å². The molecule has 1 aromatic rings. The van der Waals surface area contributed by atoms with Crippen LogP contribution >= 0.6 is 0 Å². The fourth-order valence-electron chi connectivity index (χ4n) is 2.58. The molecule has 1 N–H and O–H groups in total. The summed E-state index contributed by atoms with van der Waals surface area (Å²) in [6.07, 6.45) is 1.89. The smallest absolute Gasteiger partial charge is 0.241 e. The summed E-state index contributed by atoms with van der Waals surface area (Å²) in [4.78, 5) is 14.4. The predicted octanol–water partition coefficient (Wildman–Crippen LogP) is 2.42. The molecule has 1 amide bonds. The lowest BCUT2D eigenvalue weighted by Crippen LogP contribution is -2.40. The molecule has 104 valence electrons. The number of carbonyl (C=O) groups excluding carboxylic acids is 1. The van der Waals surface area contributed by atoms with Gasteiger partial charge in [-0.3, -0.25) is 10.1 Å². The monoisotopic (exact) mass is 260 g/mol. The third-order valence-electron chi connectivity index (χ3n) is 4.33. The summed E-state index contributed by atoms with van der Waals surface area (Å²) in [5.41, 5.74) is 1.21.